The van der Waals surface area contributed by atoms with E-state index in [0.29, 0.717) is 5.54 Å². The SMILES string of the molecule is C=C(/C=C\C(=C/CO)c1cc2ccccc2o1)CNC12CC3CC(CC(C3)C1)C2. The van der Waals surface area contributed by atoms with E-state index in [9.17, 15) is 5.11 Å². The van der Waals surface area contributed by atoms with Crippen molar-refractivity contribution in [3.05, 3.63) is 66.5 Å². The van der Waals surface area contributed by atoms with Crippen molar-refractivity contribution in [1.29, 1.82) is 0 Å². The van der Waals surface area contributed by atoms with Gasteiger partial charge in [-0.2, -0.15) is 0 Å². The maximum absolute atomic E-state index is 9.45. The molecule has 0 atom stereocenters. The van der Waals surface area contributed by atoms with Gasteiger partial charge in [-0.1, -0.05) is 36.9 Å². The fourth-order valence-corrected chi connectivity index (χ4v) is 6.37. The van der Waals surface area contributed by atoms with E-state index in [1.54, 1.807) is 6.08 Å². The van der Waals surface area contributed by atoms with Crippen LogP contribution >= 0.6 is 0 Å². The number of para-hydroxylation sites is 1. The van der Waals surface area contributed by atoms with Gasteiger partial charge in [0.2, 0.25) is 0 Å². The Bertz CT molecular complexity index is 896. The second kappa shape index (κ2) is 7.62. The molecule has 1 aromatic carbocycles. The number of aliphatic hydroxyl groups excluding tert-OH is 1. The Balaban J connectivity index is 1.25. The summed E-state index contributed by atoms with van der Waals surface area (Å²) in [6, 6.07) is 10.0. The predicted octanol–water partition coefficient (Wildman–Crippen LogP) is 5.48. The quantitative estimate of drug-likeness (QED) is 0.617. The maximum atomic E-state index is 9.45. The van der Waals surface area contributed by atoms with Crippen molar-refractivity contribution in [1.82, 2.24) is 5.32 Å². The lowest BCUT2D eigenvalue weighted by molar-refractivity contribution is -0.0181. The molecule has 3 heteroatoms. The molecule has 4 aliphatic carbocycles. The lowest BCUT2D eigenvalue weighted by atomic mass is 9.53. The molecule has 2 N–H and O–H groups in total. The number of aliphatic hydroxyl groups is 1. The third-order valence-electron chi connectivity index (χ3n) is 7.25. The molecule has 3 nitrogen and oxygen atoms in total. The third kappa shape index (κ3) is 3.86. The van der Waals surface area contributed by atoms with Crippen LogP contribution in [0.3, 0.4) is 0 Å². The first-order valence-corrected chi connectivity index (χ1v) is 11.0. The molecule has 0 amide bonds. The summed E-state index contributed by atoms with van der Waals surface area (Å²) in [6.07, 6.45) is 14.3. The minimum Gasteiger partial charge on any atom is -0.456 e. The minimum atomic E-state index is -0.0191. The Kier molecular flexibility index (Phi) is 4.97. The number of fused-ring (bicyclic) bond motifs is 1. The first-order chi connectivity index (χ1) is 14.1. The first kappa shape index (κ1) is 18.9. The van der Waals surface area contributed by atoms with Crippen LogP contribution in [-0.4, -0.2) is 23.8 Å². The molecule has 152 valence electrons. The fraction of sp³-hybridized carbons (Fsp3) is 0.462. The summed E-state index contributed by atoms with van der Waals surface area (Å²) in [4.78, 5) is 0. The average molecular weight is 390 g/mol. The second-order valence-electron chi connectivity index (χ2n) is 9.53. The zero-order chi connectivity index (χ0) is 19.8. The Morgan fingerprint density at radius 3 is 2.45 bits per heavy atom. The Morgan fingerprint density at radius 2 is 1.79 bits per heavy atom. The van der Waals surface area contributed by atoms with Crippen LogP contribution in [0.2, 0.25) is 0 Å². The highest BCUT2D eigenvalue weighted by molar-refractivity contribution is 5.84. The molecule has 1 aromatic heterocycles. The van der Waals surface area contributed by atoms with Gasteiger partial charge in [-0.15, -0.1) is 0 Å². The molecule has 4 fully saturated rings. The van der Waals surface area contributed by atoms with Crippen LogP contribution < -0.4 is 5.32 Å². The molecule has 29 heavy (non-hydrogen) atoms. The summed E-state index contributed by atoms with van der Waals surface area (Å²) < 4.78 is 5.96. The Labute approximate surface area is 173 Å². The van der Waals surface area contributed by atoms with Gasteiger partial charge in [-0.25, -0.2) is 0 Å². The van der Waals surface area contributed by atoms with E-state index in [1.807, 2.05) is 36.4 Å². The predicted molar refractivity (Wildman–Crippen MR) is 118 cm³/mol. The molecule has 4 bridgehead atoms. The van der Waals surface area contributed by atoms with Crippen LogP contribution in [0.4, 0.5) is 0 Å². The van der Waals surface area contributed by atoms with E-state index in [2.05, 4.69) is 18.0 Å². The zero-order valence-corrected chi connectivity index (χ0v) is 17.1. The zero-order valence-electron chi connectivity index (χ0n) is 17.1. The van der Waals surface area contributed by atoms with Gasteiger partial charge >= 0.3 is 0 Å². The van der Waals surface area contributed by atoms with E-state index in [0.717, 1.165) is 52.2 Å². The van der Waals surface area contributed by atoms with Crippen molar-refractivity contribution < 1.29 is 9.52 Å². The van der Waals surface area contributed by atoms with Crippen LogP contribution in [0, 0.1) is 17.8 Å². The van der Waals surface area contributed by atoms with E-state index in [4.69, 9.17) is 4.42 Å². The van der Waals surface area contributed by atoms with Crippen molar-refractivity contribution >= 4 is 16.5 Å². The number of hydrogen-bond acceptors (Lipinski definition) is 3. The molecular formula is C26H31NO2. The smallest absolute Gasteiger partial charge is 0.135 e. The molecule has 2 aromatic rings. The van der Waals surface area contributed by atoms with E-state index in [1.165, 1.54) is 38.5 Å². The molecule has 0 unspecified atom stereocenters. The standard InChI is InChI=1S/C26H31NO2/c1-18(17-27-26-14-19-10-20(15-26)12-21(11-19)16-26)6-7-22(8-9-28)25-13-23-4-2-3-5-24(23)29-25/h2-8,13,19-21,27-28H,1,9-12,14-17H2/b7-6-,22-8+. The molecule has 6 rings (SSSR count). The maximum Gasteiger partial charge on any atom is 0.135 e. The van der Waals surface area contributed by atoms with Gasteiger partial charge in [0, 0.05) is 23.0 Å². The van der Waals surface area contributed by atoms with Gasteiger partial charge in [-0.05, 0) is 80.1 Å². The normalized spacial score (nSPS) is 31.2. The lowest BCUT2D eigenvalue weighted by Gasteiger charge is -2.57. The van der Waals surface area contributed by atoms with Gasteiger partial charge in [0.05, 0.1) is 6.61 Å². The van der Waals surface area contributed by atoms with Crippen LogP contribution in [0.25, 0.3) is 16.5 Å². The fourth-order valence-electron chi connectivity index (χ4n) is 6.37. The molecule has 0 spiro atoms. The first-order valence-electron chi connectivity index (χ1n) is 11.0. The van der Waals surface area contributed by atoms with E-state index in [-0.39, 0.29) is 6.61 Å². The average Bonchev–Trinajstić information content (AvgIpc) is 3.12. The number of rotatable bonds is 7. The summed E-state index contributed by atoms with van der Waals surface area (Å²) in [5.74, 6) is 3.62. The highest BCUT2D eigenvalue weighted by atomic mass is 16.3. The van der Waals surface area contributed by atoms with Gasteiger partial charge in [-0.3, -0.25) is 0 Å². The van der Waals surface area contributed by atoms with E-state index >= 15 is 0 Å². The minimum absolute atomic E-state index is 0.0191. The number of furan rings is 1. The van der Waals surface area contributed by atoms with Crippen molar-refractivity contribution in [3.63, 3.8) is 0 Å². The second-order valence-corrected chi connectivity index (χ2v) is 9.53. The summed E-state index contributed by atoms with van der Waals surface area (Å²) in [5, 5.41) is 14.4. The number of benzene rings is 1. The highest BCUT2D eigenvalue weighted by Gasteiger charge is 2.50. The van der Waals surface area contributed by atoms with Crippen molar-refractivity contribution in [2.24, 2.45) is 17.8 Å². The summed E-state index contributed by atoms with van der Waals surface area (Å²) in [6.45, 7) is 5.08. The van der Waals surface area contributed by atoms with Gasteiger partial charge in [0.25, 0.3) is 0 Å². The van der Waals surface area contributed by atoms with Crippen LogP contribution in [-0.2, 0) is 0 Å². The molecule has 4 aliphatic rings. The van der Waals surface area contributed by atoms with Crippen LogP contribution in [0.15, 0.2) is 65.1 Å². The molecule has 0 aliphatic heterocycles. The lowest BCUT2D eigenvalue weighted by Crippen LogP contribution is -2.58. The Morgan fingerprint density at radius 1 is 1.10 bits per heavy atom. The van der Waals surface area contributed by atoms with Crippen molar-refractivity contribution in [3.8, 4) is 0 Å². The van der Waals surface area contributed by atoms with Gasteiger partial charge in [0.1, 0.15) is 11.3 Å². The van der Waals surface area contributed by atoms with Crippen LogP contribution in [0.5, 0.6) is 0 Å². The van der Waals surface area contributed by atoms with Gasteiger partial charge in [0.15, 0.2) is 0 Å². The largest absolute Gasteiger partial charge is 0.456 e. The molecule has 4 saturated carbocycles. The molecule has 0 radical (unpaired) electrons. The van der Waals surface area contributed by atoms with E-state index < -0.39 is 0 Å². The van der Waals surface area contributed by atoms with Crippen LogP contribution in [0.1, 0.15) is 44.3 Å². The molecule has 0 saturated heterocycles. The topological polar surface area (TPSA) is 45.4 Å². The monoisotopic (exact) mass is 389 g/mol. The summed E-state index contributed by atoms with van der Waals surface area (Å²) >= 11 is 0. The van der Waals surface area contributed by atoms with Gasteiger partial charge < -0.3 is 14.8 Å². The summed E-state index contributed by atoms with van der Waals surface area (Å²) in [5.41, 5.74) is 3.18. The highest BCUT2D eigenvalue weighted by Crippen LogP contribution is 2.55. The van der Waals surface area contributed by atoms with Crippen molar-refractivity contribution in [2.45, 2.75) is 44.1 Å². The number of allylic oxidation sites excluding steroid dienone is 2. The number of hydrogen-bond donors (Lipinski definition) is 2. The number of nitrogens with one attached hydrogen (secondary N) is 1. The van der Waals surface area contributed by atoms with Crippen molar-refractivity contribution in [2.75, 3.05) is 13.2 Å². The Hall–Kier alpha value is -2.10. The molecule has 1 heterocycles. The third-order valence-corrected chi connectivity index (χ3v) is 7.25. The summed E-state index contributed by atoms with van der Waals surface area (Å²) in [7, 11) is 0. The molecular weight excluding hydrogens is 358 g/mol.